The predicted octanol–water partition coefficient (Wildman–Crippen LogP) is 3.06. The minimum atomic E-state index is -4.41. The third-order valence-corrected chi connectivity index (χ3v) is 8.93. The first-order valence-electron chi connectivity index (χ1n) is 13.0. The highest BCUT2D eigenvalue weighted by atomic mass is 31.2. The van der Waals surface area contributed by atoms with E-state index in [4.69, 9.17) is 24.3 Å². The first kappa shape index (κ1) is 29.8. The van der Waals surface area contributed by atoms with Crippen molar-refractivity contribution in [2.75, 3.05) is 12.8 Å². The Morgan fingerprint density at radius 1 is 1.24 bits per heavy atom. The van der Waals surface area contributed by atoms with Gasteiger partial charge in [-0.3, -0.25) is 13.9 Å². The average Bonchev–Trinajstić information content (AvgIpc) is 3.40. The third kappa shape index (κ3) is 5.33. The Kier molecular flexibility index (Phi) is 7.96. The van der Waals surface area contributed by atoms with Crippen molar-refractivity contribution in [3.8, 4) is 5.75 Å². The summed E-state index contributed by atoms with van der Waals surface area (Å²) in [7, 11) is -3.23. The predicted molar refractivity (Wildman–Crippen MR) is 150 cm³/mol. The number of nitrogens with zero attached hydrogens (tertiary/aromatic N) is 3. The molecular formula is C27H31FN5O8P. The molecule has 0 saturated carbocycles. The van der Waals surface area contributed by atoms with E-state index in [-0.39, 0.29) is 22.6 Å². The number of rotatable bonds is 9. The number of carbonyl (C=O) groups excluding carboxylic acids is 1. The molecule has 0 amide bonds. The van der Waals surface area contributed by atoms with E-state index in [9.17, 15) is 24.0 Å². The van der Waals surface area contributed by atoms with Crippen LogP contribution >= 0.6 is 7.75 Å². The fourth-order valence-electron chi connectivity index (χ4n) is 5.02. The van der Waals surface area contributed by atoms with Crippen molar-refractivity contribution in [3.63, 3.8) is 0 Å². The zero-order valence-electron chi connectivity index (χ0n) is 23.2. The molecule has 3 heterocycles. The molecule has 7 atom stereocenters. The molecule has 13 nitrogen and oxygen atoms in total. The number of methoxy groups -OCH3 is 1. The van der Waals surface area contributed by atoms with Crippen LogP contribution in [0.5, 0.6) is 5.75 Å². The van der Waals surface area contributed by atoms with Crippen LogP contribution in [0.4, 0.5) is 10.2 Å². The zero-order chi connectivity index (χ0) is 30.4. The Morgan fingerprint density at radius 2 is 1.95 bits per heavy atom. The number of aliphatic hydroxyl groups excluding tert-OH is 1. The maximum Gasteiger partial charge on any atom is 0.459 e. The molecule has 1 aliphatic rings. The Hall–Kier alpha value is -3.65. The average molecular weight is 604 g/mol. The summed E-state index contributed by atoms with van der Waals surface area (Å²) in [4.78, 5) is 20.1. The first-order chi connectivity index (χ1) is 19.9. The van der Waals surface area contributed by atoms with Gasteiger partial charge in [0.1, 0.15) is 41.7 Å². The second-order valence-corrected chi connectivity index (χ2v) is 11.9. The number of hydrogen-bond donors (Lipinski definition) is 4. The zero-order valence-corrected chi connectivity index (χ0v) is 24.1. The quantitative estimate of drug-likeness (QED) is 0.162. The molecular weight excluding hydrogens is 572 g/mol. The van der Waals surface area contributed by atoms with Gasteiger partial charge in [-0.15, -0.1) is 0 Å². The minimum absolute atomic E-state index is 0.0326. The van der Waals surface area contributed by atoms with Crippen LogP contribution in [0.2, 0.25) is 0 Å². The van der Waals surface area contributed by atoms with Crippen LogP contribution < -0.4 is 15.3 Å². The Labute approximate surface area is 239 Å². The number of fused-ring (bicyclic) bond motifs is 2. The van der Waals surface area contributed by atoms with Gasteiger partial charge in [0.2, 0.25) is 0 Å². The van der Waals surface area contributed by atoms with Crippen LogP contribution in [-0.2, 0) is 23.4 Å². The smallest absolute Gasteiger partial charge is 0.459 e. The number of anilines is 1. The molecule has 5 N–H and O–H groups in total. The highest BCUT2D eigenvalue weighted by molar-refractivity contribution is 7.52. The van der Waals surface area contributed by atoms with Crippen molar-refractivity contribution in [2.24, 2.45) is 0 Å². The SMILES string of the molecule is COC(=O)[C@H](C)NP(=O)(Oc1cccc2ccccc12)OC(C)[C@H]1O[C@@H](n2cc(F)c3c(N)ncnc32)[C@](C)(O)[C@@H]1O. The van der Waals surface area contributed by atoms with E-state index in [2.05, 4.69) is 15.1 Å². The van der Waals surface area contributed by atoms with Crippen molar-refractivity contribution in [1.29, 1.82) is 0 Å². The Bertz CT molecular complexity index is 1680. The van der Waals surface area contributed by atoms with E-state index in [0.29, 0.717) is 5.39 Å². The number of nitrogens with one attached hydrogen (secondary N) is 1. The lowest BCUT2D eigenvalue weighted by Crippen LogP contribution is -2.46. The van der Waals surface area contributed by atoms with Gasteiger partial charge in [0.25, 0.3) is 0 Å². The summed E-state index contributed by atoms with van der Waals surface area (Å²) in [5.74, 6) is -1.38. The lowest BCUT2D eigenvalue weighted by molar-refractivity contribution is -0.142. The van der Waals surface area contributed by atoms with E-state index < -0.39 is 55.7 Å². The van der Waals surface area contributed by atoms with Gasteiger partial charge in [0, 0.05) is 11.6 Å². The van der Waals surface area contributed by atoms with Gasteiger partial charge in [-0.2, -0.15) is 5.09 Å². The number of nitrogen functional groups attached to an aromatic ring is 1. The summed E-state index contributed by atoms with van der Waals surface area (Å²) >= 11 is 0. The van der Waals surface area contributed by atoms with Crippen molar-refractivity contribution in [1.82, 2.24) is 19.6 Å². The second-order valence-electron chi connectivity index (χ2n) is 10.2. The summed E-state index contributed by atoms with van der Waals surface area (Å²) in [6.45, 7) is 4.16. The molecule has 2 unspecified atom stereocenters. The summed E-state index contributed by atoms with van der Waals surface area (Å²) < 4.78 is 52.8. The number of ether oxygens (including phenoxy) is 2. The van der Waals surface area contributed by atoms with Gasteiger partial charge >= 0.3 is 13.7 Å². The van der Waals surface area contributed by atoms with Crippen LogP contribution in [0.3, 0.4) is 0 Å². The van der Waals surface area contributed by atoms with E-state index >= 15 is 0 Å². The summed E-state index contributed by atoms with van der Waals surface area (Å²) in [6.07, 6.45) is -3.31. The van der Waals surface area contributed by atoms with Crippen molar-refractivity contribution >= 4 is 41.3 Å². The maximum atomic E-state index is 14.8. The van der Waals surface area contributed by atoms with Gasteiger partial charge in [-0.25, -0.2) is 18.9 Å². The maximum absolute atomic E-state index is 14.8. The first-order valence-corrected chi connectivity index (χ1v) is 14.5. The molecule has 2 aromatic carbocycles. The number of aliphatic hydroxyl groups is 2. The van der Waals surface area contributed by atoms with Gasteiger partial charge in [0.15, 0.2) is 17.7 Å². The van der Waals surface area contributed by atoms with Crippen LogP contribution in [-0.4, -0.2) is 67.8 Å². The molecule has 0 aliphatic carbocycles. The largest absolute Gasteiger partial charge is 0.468 e. The van der Waals surface area contributed by atoms with Crippen LogP contribution in [0, 0.1) is 5.82 Å². The van der Waals surface area contributed by atoms with Gasteiger partial charge in [0.05, 0.1) is 18.6 Å². The van der Waals surface area contributed by atoms with E-state index in [1.165, 1.54) is 32.4 Å². The summed E-state index contributed by atoms with van der Waals surface area (Å²) in [5, 5.41) is 26.4. The van der Waals surface area contributed by atoms with E-state index in [1.807, 2.05) is 18.2 Å². The molecule has 1 fully saturated rings. The number of benzene rings is 2. The third-order valence-electron chi connectivity index (χ3n) is 7.18. The highest BCUT2D eigenvalue weighted by Crippen LogP contribution is 2.50. The molecule has 2 aromatic heterocycles. The Balaban J connectivity index is 1.46. The minimum Gasteiger partial charge on any atom is -0.468 e. The van der Waals surface area contributed by atoms with Crippen molar-refractivity contribution < 1.29 is 42.5 Å². The van der Waals surface area contributed by atoms with Crippen molar-refractivity contribution in [2.45, 2.75) is 57.0 Å². The molecule has 1 aliphatic heterocycles. The number of carbonyl (C=O) groups is 1. The fourth-order valence-corrected chi connectivity index (χ4v) is 6.74. The van der Waals surface area contributed by atoms with Crippen LogP contribution in [0.1, 0.15) is 27.0 Å². The fraction of sp³-hybridized carbons (Fsp3) is 0.370. The van der Waals surface area contributed by atoms with Crippen molar-refractivity contribution in [3.05, 3.63) is 60.8 Å². The molecule has 5 rings (SSSR count). The molecule has 42 heavy (non-hydrogen) atoms. The molecule has 15 heteroatoms. The van der Waals surface area contributed by atoms with Gasteiger partial charge in [-0.05, 0) is 32.2 Å². The lowest BCUT2D eigenvalue weighted by Gasteiger charge is -2.29. The lowest BCUT2D eigenvalue weighted by atomic mass is 9.94. The number of aromatic nitrogens is 3. The van der Waals surface area contributed by atoms with Gasteiger partial charge in [-0.1, -0.05) is 36.4 Å². The second kappa shape index (κ2) is 11.2. The normalized spacial score (nSPS) is 25.3. The van der Waals surface area contributed by atoms with E-state index in [0.717, 1.165) is 17.9 Å². The molecule has 224 valence electrons. The number of nitrogens with two attached hydrogens (primary N) is 1. The molecule has 0 radical (unpaired) electrons. The molecule has 4 aromatic rings. The highest BCUT2D eigenvalue weighted by Gasteiger charge is 2.56. The monoisotopic (exact) mass is 603 g/mol. The number of hydrogen-bond acceptors (Lipinski definition) is 11. The summed E-state index contributed by atoms with van der Waals surface area (Å²) in [6, 6.07) is 11.3. The van der Waals surface area contributed by atoms with Gasteiger partial charge < -0.3 is 29.9 Å². The van der Waals surface area contributed by atoms with Crippen LogP contribution in [0.25, 0.3) is 21.8 Å². The van der Waals surface area contributed by atoms with E-state index in [1.54, 1.807) is 24.3 Å². The molecule has 0 spiro atoms. The Morgan fingerprint density at radius 3 is 2.69 bits per heavy atom. The molecule has 0 bridgehead atoms. The number of halogens is 1. The molecule has 1 saturated heterocycles. The topological polar surface area (TPSA) is 180 Å². The summed E-state index contributed by atoms with van der Waals surface area (Å²) in [5.41, 5.74) is 3.86. The van der Waals surface area contributed by atoms with Crippen LogP contribution in [0.15, 0.2) is 55.0 Å². The number of esters is 1. The standard InChI is InChI=1S/C27H31FN5O8P/c1-14(25(35)38-4)32-42(37,41-19-11-7-9-16-8-5-6-10-17(16)19)40-15(2)21-22(34)27(3,36)26(39-21)33-12-18(28)20-23(29)30-13-31-24(20)33/h5-15,21-22,26,34,36H,1-4H3,(H,32,37)(H2,29,30,31)/t14-,15?,21+,22+,26+,27+,42?/m0/s1.